The molecule has 7 heteroatoms. The number of carboxylic acids is 1. The van der Waals surface area contributed by atoms with Crippen LogP contribution < -0.4 is 5.32 Å². The minimum atomic E-state index is -1.07. The van der Waals surface area contributed by atoms with E-state index in [0.29, 0.717) is 10.9 Å². The lowest BCUT2D eigenvalue weighted by Gasteiger charge is -2.05. The van der Waals surface area contributed by atoms with Crippen LogP contribution in [0.5, 0.6) is 0 Å². The van der Waals surface area contributed by atoms with Gasteiger partial charge in [0.15, 0.2) is 5.82 Å². The number of rotatable bonds is 4. The Morgan fingerprint density at radius 1 is 1.13 bits per heavy atom. The number of aromatic carboxylic acids is 1. The highest BCUT2D eigenvalue weighted by molar-refractivity contribution is 6.06. The van der Waals surface area contributed by atoms with Gasteiger partial charge < -0.3 is 9.84 Å². The Kier molecular flexibility index (Phi) is 3.92. The van der Waals surface area contributed by atoms with Crippen LogP contribution in [0.15, 0.2) is 48.5 Å². The van der Waals surface area contributed by atoms with Gasteiger partial charge in [-0.15, -0.1) is 0 Å². The van der Waals surface area contributed by atoms with Crippen molar-refractivity contribution in [2.75, 3.05) is 5.32 Å². The molecule has 0 fully saturated rings. The van der Waals surface area contributed by atoms with Crippen molar-refractivity contribution in [3.05, 3.63) is 59.7 Å². The van der Waals surface area contributed by atoms with E-state index in [0.717, 1.165) is 5.56 Å². The fraction of sp³-hybridized carbons (Fsp3) is 0.0625. The van der Waals surface area contributed by atoms with Gasteiger partial charge in [0.25, 0.3) is 0 Å². The molecule has 0 spiro atoms. The lowest BCUT2D eigenvalue weighted by atomic mass is 10.1. The largest absolute Gasteiger partial charge is 0.478 e. The molecule has 0 unspecified atom stereocenters. The molecular formula is C16H13N3O4. The Labute approximate surface area is 130 Å². The smallest absolute Gasteiger partial charge is 0.413 e. The van der Waals surface area contributed by atoms with Crippen molar-refractivity contribution in [1.29, 1.82) is 0 Å². The van der Waals surface area contributed by atoms with Gasteiger partial charge in [-0.05, 0) is 17.7 Å². The molecule has 3 N–H and O–H groups in total. The molecule has 3 aromatic rings. The third kappa shape index (κ3) is 3.13. The van der Waals surface area contributed by atoms with E-state index in [1.54, 1.807) is 12.1 Å². The van der Waals surface area contributed by atoms with E-state index >= 15 is 0 Å². The van der Waals surface area contributed by atoms with Crippen LogP contribution in [0.1, 0.15) is 15.9 Å². The Balaban J connectivity index is 1.73. The number of carbonyl (C=O) groups excluding carboxylic acids is 1. The first kappa shape index (κ1) is 14.6. The predicted octanol–water partition coefficient (Wildman–Crippen LogP) is 3.01. The third-order valence-corrected chi connectivity index (χ3v) is 3.26. The number of aromatic nitrogens is 2. The Morgan fingerprint density at radius 3 is 2.65 bits per heavy atom. The van der Waals surface area contributed by atoms with Crippen LogP contribution in [0, 0.1) is 0 Å². The molecule has 0 radical (unpaired) electrons. The van der Waals surface area contributed by atoms with Crippen molar-refractivity contribution in [3.63, 3.8) is 0 Å². The van der Waals surface area contributed by atoms with Gasteiger partial charge in [-0.3, -0.25) is 10.4 Å². The number of ether oxygens (including phenoxy) is 1. The lowest BCUT2D eigenvalue weighted by molar-refractivity contribution is 0.0698. The molecule has 0 bridgehead atoms. The molecule has 1 amide bonds. The van der Waals surface area contributed by atoms with Crippen LogP contribution >= 0.6 is 0 Å². The Hall–Kier alpha value is -3.35. The highest BCUT2D eigenvalue weighted by Crippen LogP contribution is 2.23. The Morgan fingerprint density at radius 2 is 1.91 bits per heavy atom. The standard InChI is InChI=1S/C16H13N3O4/c20-15(21)12-8-4-7-11-13(12)18-19-14(11)17-16(22)23-9-10-5-2-1-3-6-10/h1-8H,9H2,(H,20,21)(H2,17,18,19,22). The first-order valence-electron chi connectivity index (χ1n) is 6.83. The minimum absolute atomic E-state index is 0.0840. The summed E-state index contributed by atoms with van der Waals surface area (Å²) in [6.45, 7) is 0.134. The van der Waals surface area contributed by atoms with Gasteiger partial charge in [0.2, 0.25) is 0 Å². The van der Waals surface area contributed by atoms with Gasteiger partial charge in [-0.2, -0.15) is 5.10 Å². The highest BCUT2D eigenvalue weighted by atomic mass is 16.5. The van der Waals surface area contributed by atoms with Gasteiger partial charge in [-0.1, -0.05) is 36.4 Å². The third-order valence-electron chi connectivity index (χ3n) is 3.26. The van der Waals surface area contributed by atoms with Crippen LogP contribution in [-0.2, 0) is 11.3 Å². The summed E-state index contributed by atoms with van der Waals surface area (Å²) in [4.78, 5) is 23.0. The van der Waals surface area contributed by atoms with E-state index in [2.05, 4.69) is 15.5 Å². The fourth-order valence-corrected chi connectivity index (χ4v) is 2.17. The normalized spacial score (nSPS) is 10.4. The molecule has 1 aromatic heterocycles. The molecule has 0 saturated carbocycles. The van der Waals surface area contributed by atoms with Crippen molar-refractivity contribution in [3.8, 4) is 0 Å². The number of carboxylic acid groups (broad SMARTS) is 1. The highest BCUT2D eigenvalue weighted by Gasteiger charge is 2.15. The minimum Gasteiger partial charge on any atom is -0.478 e. The fourth-order valence-electron chi connectivity index (χ4n) is 2.17. The SMILES string of the molecule is O=C(Nc1n[nH]c2c(C(=O)O)cccc12)OCc1ccccc1. The second-order valence-corrected chi connectivity index (χ2v) is 4.79. The molecule has 116 valence electrons. The summed E-state index contributed by atoms with van der Waals surface area (Å²) in [5, 5.41) is 18.7. The quantitative estimate of drug-likeness (QED) is 0.687. The van der Waals surface area contributed by atoms with E-state index < -0.39 is 12.1 Å². The maximum atomic E-state index is 11.8. The zero-order chi connectivity index (χ0) is 16.2. The molecule has 0 atom stereocenters. The molecule has 2 aromatic carbocycles. The van der Waals surface area contributed by atoms with Gasteiger partial charge in [0.05, 0.1) is 11.1 Å². The summed E-state index contributed by atoms with van der Waals surface area (Å²) in [6.07, 6.45) is -0.664. The number of amides is 1. The zero-order valence-corrected chi connectivity index (χ0v) is 11.9. The summed E-state index contributed by atoms with van der Waals surface area (Å²) < 4.78 is 5.11. The van der Waals surface area contributed by atoms with E-state index in [-0.39, 0.29) is 18.0 Å². The average Bonchev–Trinajstić information content (AvgIpc) is 2.97. The molecule has 3 rings (SSSR count). The van der Waals surface area contributed by atoms with E-state index in [9.17, 15) is 9.59 Å². The number of aromatic amines is 1. The number of H-pyrrole nitrogens is 1. The monoisotopic (exact) mass is 311 g/mol. The summed E-state index contributed by atoms with van der Waals surface area (Å²) in [7, 11) is 0. The van der Waals surface area contributed by atoms with Gasteiger partial charge in [-0.25, -0.2) is 9.59 Å². The Bertz CT molecular complexity index is 858. The van der Waals surface area contributed by atoms with Crippen LogP contribution in [0.3, 0.4) is 0 Å². The number of nitrogens with zero attached hydrogens (tertiary/aromatic N) is 1. The van der Waals surface area contributed by atoms with Crippen LogP contribution in [0.25, 0.3) is 10.9 Å². The van der Waals surface area contributed by atoms with Crippen molar-refractivity contribution >= 4 is 28.8 Å². The van der Waals surface area contributed by atoms with Crippen LogP contribution in [-0.4, -0.2) is 27.4 Å². The first-order valence-corrected chi connectivity index (χ1v) is 6.83. The molecule has 23 heavy (non-hydrogen) atoms. The molecule has 7 nitrogen and oxygen atoms in total. The van der Waals surface area contributed by atoms with Gasteiger partial charge >= 0.3 is 12.1 Å². The van der Waals surface area contributed by atoms with Crippen molar-refractivity contribution in [2.24, 2.45) is 0 Å². The van der Waals surface area contributed by atoms with E-state index in [1.165, 1.54) is 6.07 Å². The molecule has 0 aliphatic rings. The number of benzene rings is 2. The molecular weight excluding hydrogens is 298 g/mol. The topological polar surface area (TPSA) is 104 Å². The molecule has 1 heterocycles. The maximum Gasteiger partial charge on any atom is 0.413 e. The average molecular weight is 311 g/mol. The molecule has 0 saturated heterocycles. The molecule has 0 aliphatic heterocycles. The number of hydrogen-bond acceptors (Lipinski definition) is 4. The second kappa shape index (κ2) is 6.18. The van der Waals surface area contributed by atoms with Gasteiger partial charge in [0.1, 0.15) is 6.61 Å². The summed E-state index contributed by atoms with van der Waals surface area (Å²) >= 11 is 0. The van der Waals surface area contributed by atoms with E-state index in [4.69, 9.17) is 9.84 Å². The van der Waals surface area contributed by atoms with Crippen LogP contribution in [0.4, 0.5) is 10.6 Å². The van der Waals surface area contributed by atoms with Gasteiger partial charge in [0, 0.05) is 5.39 Å². The second-order valence-electron chi connectivity index (χ2n) is 4.79. The van der Waals surface area contributed by atoms with Crippen LogP contribution in [0.2, 0.25) is 0 Å². The summed E-state index contributed by atoms with van der Waals surface area (Å²) in [5.41, 5.74) is 1.29. The lowest BCUT2D eigenvalue weighted by Crippen LogP contribution is -2.14. The summed E-state index contributed by atoms with van der Waals surface area (Å²) in [5.74, 6) is -0.849. The van der Waals surface area contributed by atoms with Crippen molar-refractivity contribution in [2.45, 2.75) is 6.61 Å². The zero-order valence-electron chi connectivity index (χ0n) is 11.9. The van der Waals surface area contributed by atoms with Crippen molar-refractivity contribution < 1.29 is 19.4 Å². The maximum absolute atomic E-state index is 11.8. The number of carbonyl (C=O) groups is 2. The number of para-hydroxylation sites is 1. The predicted molar refractivity (Wildman–Crippen MR) is 83.3 cm³/mol. The first-order chi connectivity index (χ1) is 11.1. The molecule has 0 aliphatic carbocycles. The number of anilines is 1. The number of hydrogen-bond donors (Lipinski definition) is 3. The van der Waals surface area contributed by atoms with Crippen molar-refractivity contribution in [1.82, 2.24) is 10.2 Å². The number of nitrogens with one attached hydrogen (secondary N) is 2. The number of fused-ring (bicyclic) bond motifs is 1. The van der Waals surface area contributed by atoms with E-state index in [1.807, 2.05) is 30.3 Å². The summed E-state index contributed by atoms with van der Waals surface area (Å²) in [6, 6.07) is 14.0.